The topological polar surface area (TPSA) is 83.3 Å². The zero-order valence-electron chi connectivity index (χ0n) is 9.83. The fourth-order valence-corrected chi connectivity index (χ4v) is 1.91. The average molecular weight is 256 g/mol. The summed E-state index contributed by atoms with van der Waals surface area (Å²) in [6.45, 7) is 3.22. The van der Waals surface area contributed by atoms with Gasteiger partial charge in [-0.05, 0) is 13.3 Å². The molecule has 2 unspecified atom stereocenters. The second-order valence-corrected chi connectivity index (χ2v) is 4.98. The molecule has 5 nitrogen and oxygen atoms in total. The van der Waals surface area contributed by atoms with E-state index in [1.165, 1.54) is 19.3 Å². The van der Waals surface area contributed by atoms with Crippen LogP contribution >= 0.6 is 11.8 Å². The molecule has 2 atom stereocenters. The maximum absolute atomic E-state index is 10.7. The number of thioether (sulfide) groups is 1. The molecule has 0 aliphatic rings. The van der Waals surface area contributed by atoms with E-state index >= 15 is 0 Å². The Hall–Kier alpha value is -0.980. The number of hydrogen-bond donors (Lipinski definition) is 2. The van der Waals surface area contributed by atoms with Gasteiger partial charge in [0, 0.05) is 30.6 Å². The summed E-state index contributed by atoms with van der Waals surface area (Å²) in [6.07, 6.45) is 1.42. The second-order valence-electron chi connectivity index (χ2n) is 3.70. The molecular formula is C11H16N2O3S. The van der Waals surface area contributed by atoms with Gasteiger partial charge in [-0.15, -0.1) is 0 Å². The predicted molar refractivity (Wildman–Crippen MR) is 65.5 cm³/mol. The molecule has 0 bridgehead atoms. The zero-order chi connectivity index (χ0) is 12.8. The highest BCUT2D eigenvalue weighted by atomic mass is 32.2. The van der Waals surface area contributed by atoms with Gasteiger partial charge in [-0.25, -0.2) is 9.97 Å². The van der Waals surface area contributed by atoms with Crippen LogP contribution in [0.25, 0.3) is 0 Å². The Morgan fingerprint density at radius 2 is 2.00 bits per heavy atom. The monoisotopic (exact) mass is 256 g/mol. The molecule has 0 aliphatic heterocycles. The van der Waals surface area contributed by atoms with Crippen LogP contribution in [-0.4, -0.2) is 37.2 Å². The van der Waals surface area contributed by atoms with Gasteiger partial charge >= 0.3 is 0 Å². The van der Waals surface area contributed by atoms with Crippen molar-refractivity contribution >= 4 is 16.9 Å². The number of aliphatic hydroxyl groups is 2. The molecule has 0 aliphatic carbocycles. The lowest BCUT2D eigenvalue weighted by Gasteiger charge is -2.17. The first kappa shape index (κ1) is 14.1. The number of aromatic nitrogens is 2. The number of nitrogens with zero attached hydrogens (tertiary/aromatic N) is 2. The fourth-order valence-electron chi connectivity index (χ4n) is 1.26. The third kappa shape index (κ3) is 4.80. The van der Waals surface area contributed by atoms with Gasteiger partial charge < -0.3 is 10.2 Å². The van der Waals surface area contributed by atoms with E-state index in [2.05, 4.69) is 9.97 Å². The minimum absolute atomic E-state index is 0.00496. The molecule has 6 heteroatoms. The molecular weight excluding hydrogens is 240 g/mol. The van der Waals surface area contributed by atoms with E-state index in [0.29, 0.717) is 23.6 Å². The number of aliphatic hydroxyl groups excluding tert-OH is 2. The third-order valence-electron chi connectivity index (χ3n) is 2.23. The number of hydrogen-bond acceptors (Lipinski definition) is 6. The summed E-state index contributed by atoms with van der Waals surface area (Å²) in [5.74, 6) is 1.10. The van der Waals surface area contributed by atoms with Gasteiger partial charge in [0.25, 0.3) is 0 Å². The number of aryl methyl sites for hydroxylation is 1. The molecule has 0 saturated carbocycles. The average Bonchev–Trinajstić information content (AvgIpc) is 2.28. The number of carbonyl (C=O) groups is 1. The van der Waals surface area contributed by atoms with Crippen LogP contribution in [-0.2, 0) is 4.79 Å². The highest BCUT2D eigenvalue weighted by Crippen LogP contribution is 2.19. The van der Waals surface area contributed by atoms with E-state index in [1.54, 1.807) is 6.92 Å². The minimum Gasteiger partial charge on any atom is -0.390 e. The summed E-state index contributed by atoms with van der Waals surface area (Å²) in [4.78, 5) is 18.6. The van der Waals surface area contributed by atoms with Crippen molar-refractivity contribution in [3.63, 3.8) is 0 Å². The Labute approximate surface area is 104 Å². The van der Waals surface area contributed by atoms with Crippen LogP contribution in [0.3, 0.4) is 0 Å². The van der Waals surface area contributed by atoms with Crippen LogP contribution in [0.5, 0.6) is 0 Å². The molecule has 0 aromatic carbocycles. The molecule has 1 rings (SSSR count). The third-order valence-corrected chi connectivity index (χ3v) is 3.07. The van der Waals surface area contributed by atoms with Gasteiger partial charge in [-0.2, -0.15) is 0 Å². The molecule has 1 aromatic rings. The molecule has 1 heterocycles. The van der Waals surface area contributed by atoms with E-state index in [9.17, 15) is 15.0 Å². The van der Waals surface area contributed by atoms with Gasteiger partial charge in [0.15, 0.2) is 5.12 Å². The number of rotatable bonds is 5. The van der Waals surface area contributed by atoms with Crippen molar-refractivity contribution in [2.75, 3.05) is 5.75 Å². The van der Waals surface area contributed by atoms with Gasteiger partial charge in [0.1, 0.15) is 11.9 Å². The predicted octanol–water partition coefficient (Wildman–Crippen LogP) is 0.849. The Kier molecular flexibility index (Phi) is 5.54. The molecule has 2 N–H and O–H groups in total. The number of carbonyl (C=O) groups excluding carboxylic acids is 1. The molecule has 1 aromatic heterocycles. The maximum atomic E-state index is 10.7. The molecule has 0 saturated heterocycles. The zero-order valence-corrected chi connectivity index (χ0v) is 10.6. The highest BCUT2D eigenvalue weighted by Gasteiger charge is 2.18. The SMILES string of the molecule is CC(=O)SCCC(O)C(O)c1cnc(C)nc1. The van der Waals surface area contributed by atoms with Crippen LogP contribution < -0.4 is 0 Å². The fraction of sp³-hybridized carbons (Fsp3) is 0.545. The normalized spacial score (nSPS) is 14.4. The minimum atomic E-state index is -1.01. The van der Waals surface area contributed by atoms with Crippen LogP contribution in [0.4, 0.5) is 0 Å². The Morgan fingerprint density at radius 3 is 2.53 bits per heavy atom. The van der Waals surface area contributed by atoms with Crippen molar-refractivity contribution < 1.29 is 15.0 Å². The maximum Gasteiger partial charge on any atom is 0.185 e. The summed E-state index contributed by atoms with van der Waals surface area (Å²) >= 11 is 1.13. The lowest BCUT2D eigenvalue weighted by atomic mass is 10.1. The van der Waals surface area contributed by atoms with Crippen molar-refractivity contribution in [1.82, 2.24) is 9.97 Å². The molecule has 94 valence electrons. The Balaban J connectivity index is 2.48. The summed E-state index contributed by atoms with van der Waals surface area (Å²) in [7, 11) is 0. The van der Waals surface area contributed by atoms with E-state index in [1.807, 2.05) is 0 Å². The standard InChI is InChI=1S/C11H16N2O3S/c1-7-12-5-9(6-13-7)11(16)10(15)3-4-17-8(2)14/h5-6,10-11,15-16H,3-4H2,1-2H3. The van der Waals surface area contributed by atoms with Gasteiger partial charge in [-0.1, -0.05) is 11.8 Å². The molecule has 0 spiro atoms. The van der Waals surface area contributed by atoms with Crippen LogP contribution in [0, 0.1) is 6.92 Å². The van der Waals surface area contributed by atoms with E-state index in [0.717, 1.165) is 11.8 Å². The lowest BCUT2D eigenvalue weighted by molar-refractivity contribution is -0.109. The quantitative estimate of drug-likeness (QED) is 0.812. The van der Waals surface area contributed by atoms with E-state index < -0.39 is 12.2 Å². The largest absolute Gasteiger partial charge is 0.390 e. The molecule has 17 heavy (non-hydrogen) atoms. The molecule has 0 fully saturated rings. The van der Waals surface area contributed by atoms with Gasteiger partial charge in [0.2, 0.25) is 0 Å². The first-order valence-corrected chi connectivity index (χ1v) is 6.27. The Bertz CT molecular complexity index is 369. The van der Waals surface area contributed by atoms with Gasteiger partial charge in [0.05, 0.1) is 6.10 Å². The van der Waals surface area contributed by atoms with Gasteiger partial charge in [-0.3, -0.25) is 4.79 Å². The van der Waals surface area contributed by atoms with Crippen LogP contribution in [0.15, 0.2) is 12.4 Å². The van der Waals surface area contributed by atoms with Crippen LogP contribution in [0.1, 0.15) is 30.8 Å². The van der Waals surface area contributed by atoms with Crippen molar-refractivity contribution in [1.29, 1.82) is 0 Å². The van der Waals surface area contributed by atoms with Crippen molar-refractivity contribution in [2.45, 2.75) is 32.5 Å². The highest BCUT2D eigenvalue weighted by molar-refractivity contribution is 8.13. The lowest BCUT2D eigenvalue weighted by Crippen LogP contribution is -2.19. The molecule has 0 amide bonds. The molecule has 0 radical (unpaired) electrons. The van der Waals surface area contributed by atoms with Crippen molar-refractivity contribution in [3.8, 4) is 0 Å². The first-order chi connectivity index (χ1) is 8.00. The van der Waals surface area contributed by atoms with E-state index in [-0.39, 0.29) is 5.12 Å². The van der Waals surface area contributed by atoms with Crippen molar-refractivity contribution in [2.24, 2.45) is 0 Å². The summed E-state index contributed by atoms with van der Waals surface area (Å²) in [6, 6.07) is 0. The van der Waals surface area contributed by atoms with Crippen LogP contribution in [0.2, 0.25) is 0 Å². The second kappa shape index (κ2) is 6.68. The summed E-state index contributed by atoms with van der Waals surface area (Å²) in [5.41, 5.74) is 0.482. The summed E-state index contributed by atoms with van der Waals surface area (Å²) in [5, 5.41) is 19.5. The Morgan fingerprint density at radius 1 is 1.41 bits per heavy atom. The summed E-state index contributed by atoms with van der Waals surface area (Å²) < 4.78 is 0. The van der Waals surface area contributed by atoms with Crippen molar-refractivity contribution in [3.05, 3.63) is 23.8 Å². The first-order valence-electron chi connectivity index (χ1n) is 5.28. The smallest absolute Gasteiger partial charge is 0.185 e. The van der Waals surface area contributed by atoms with E-state index in [4.69, 9.17) is 0 Å².